The van der Waals surface area contributed by atoms with Crippen LogP contribution < -0.4 is 5.32 Å². The number of para-hydroxylation sites is 1. The topological polar surface area (TPSA) is 67.2 Å². The minimum Gasteiger partial charge on any atom is -0.350 e. The molecule has 2 amide bonds. The molecule has 0 saturated carbocycles. The zero-order valence-electron chi connectivity index (χ0n) is 14.2. The van der Waals surface area contributed by atoms with Crippen molar-refractivity contribution in [2.45, 2.75) is 26.3 Å². The van der Waals surface area contributed by atoms with Crippen molar-refractivity contribution in [1.82, 2.24) is 20.0 Å². The smallest absolute Gasteiger partial charge is 0.257 e. The number of halogens is 1. The number of nitrogens with one attached hydrogen (secondary N) is 1. The van der Waals surface area contributed by atoms with Gasteiger partial charge in [0.2, 0.25) is 5.91 Å². The Morgan fingerprint density at radius 3 is 2.58 bits per heavy atom. The van der Waals surface area contributed by atoms with E-state index >= 15 is 0 Å². The number of amides is 2. The van der Waals surface area contributed by atoms with Crippen LogP contribution in [0.3, 0.4) is 0 Å². The van der Waals surface area contributed by atoms with Crippen molar-refractivity contribution in [1.29, 1.82) is 0 Å². The second-order valence-corrected chi connectivity index (χ2v) is 6.58. The molecule has 0 bridgehead atoms. The Bertz CT molecular complexity index is 749. The van der Waals surface area contributed by atoms with E-state index in [9.17, 15) is 14.0 Å². The van der Waals surface area contributed by atoms with E-state index in [2.05, 4.69) is 10.4 Å². The molecule has 0 unspecified atom stereocenters. The standard InChI is InChI=1S/C17H21FN4O2/c1-17(2,3)20-15(23)11-21(4)16(24)12-9-19-22(10-12)14-8-6-5-7-13(14)18/h5-10H,11H2,1-4H3,(H,20,23). The largest absolute Gasteiger partial charge is 0.350 e. The first-order valence-corrected chi connectivity index (χ1v) is 7.53. The van der Waals surface area contributed by atoms with E-state index in [0.717, 1.165) is 0 Å². The van der Waals surface area contributed by atoms with Gasteiger partial charge in [-0.15, -0.1) is 0 Å². The van der Waals surface area contributed by atoms with Crippen LogP contribution in [0.5, 0.6) is 0 Å². The van der Waals surface area contributed by atoms with Gasteiger partial charge < -0.3 is 10.2 Å². The van der Waals surface area contributed by atoms with Crippen LogP contribution in [0.4, 0.5) is 4.39 Å². The average molecular weight is 332 g/mol. The summed E-state index contributed by atoms with van der Waals surface area (Å²) in [6, 6.07) is 6.15. The molecule has 0 radical (unpaired) electrons. The summed E-state index contributed by atoms with van der Waals surface area (Å²) < 4.78 is 15.1. The second-order valence-electron chi connectivity index (χ2n) is 6.58. The molecule has 7 heteroatoms. The first-order chi connectivity index (χ1) is 11.2. The number of nitrogens with zero attached hydrogens (tertiary/aromatic N) is 3. The minimum absolute atomic E-state index is 0.0685. The highest BCUT2D eigenvalue weighted by Gasteiger charge is 2.20. The predicted molar refractivity (Wildman–Crippen MR) is 88.4 cm³/mol. The van der Waals surface area contributed by atoms with Crippen LogP contribution in [0.1, 0.15) is 31.1 Å². The molecule has 0 atom stereocenters. The van der Waals surface area contributed by atoms with Crippen molar-refractivity contribution >= 4 is 11.8 Å². The van der Waals surface area contributed by atoms with Crippen LogP contribution in [0.15, 0.2) is 36.7 Å². The molecule has 0 spiro atoms. The maximum absolute atomic E-state index is 13.8. The SMILES string of the molecule is CN(CC(=O)NC(C)(C)C)C(=O)c1cnn(-c2ccccc2F)c1. The molecule has 0 fully saturated rings. The molecule has 128 valence electrons. The number of hydrogen-bond donors (Lipinski definition) is 1. The molecule has 1 heterocycles. The zero-order chi connectivity index (χ0) is 17.9. The third-order valence-corrected chi connectivity index (χ3v) is 3.17. The quantitative estimate of drug-likeness (QED) is 0.931. The maximum atomic E-state index is 13.8. The molecule has 2 rings (SSSR count). The van der Waals surface area contributed by atoms with E-state index in [1.165, 1.54) is 35.1 Å². The van der Waals surface area contributed by atoms with Crippen LogP contribution >= 0.6 is 0 Å². The number of likely N-dealkylation sites (N-methyl/N-ethyl adjacent to an activating group) is 1. The molecule has 2 aromatic rings. The van der Waals surface area contributed by atoms with Crippen molar-refractivity contribution in [3.63, 3.8) is 0 Å². The number of carbonyl (C=O) groups is 2. The Balaban J connectivity index is 2.08. The van der Waals surface area contributed by atoms with E-state index in [1.54, 1.807) is 18.2 Å². The molecule has 0 saturated heterocycles. The number of hydrogen-bond acceptors (Lipinski definition) is 3. The Hall–Kier alpha value is -2.70. The Morgan fingerprint density at radius 1 is 1.29 bits per heavy atom. The van der Waals surface area contributed by atoms with Crippen LogP contribution in [-0.4, -0.2) is 45.6 Å². The summed E-state index contributed by atoms with van der Waals surface area (Å²) in [7, 11) is 1.53. The number of carbonyl (C=O) groups excluding carboxylic acids is 2. The van der Waals surface area contributed by atoms with E-state index in [0.29, 0.717) is 0 Å². The monoisotopic (exact) mass is 332 g/mol. The summed E-state index contributed by atoms with van der Waals surface area (Å²) in [5.74, 6) is -1.04. The van der Waals surface area contributed by atoms with Crippen molar-refractivity contribution in [3.8, 4) is 5.69 Å². The molecule has 24 heavy (non-hydrogen) atoms. The number of aromatic nitrogens is 2. The molecule has 1 N–H and O–H groups in total. The lowest BCUT2D eigenvalue weighted by Gasteiger charge is -2.23. The number of benzene rings is 1. The van der Waals surface area contributed by atoms with Gasteiger partial charge in [0.1, 0.15) is 11.5 Å². The molecule has 0 aliphatic carbocycles. The first kappa shape index (κ1) is 17.7. The van der Waals surface area contributed by atoms with Crippen LogP contribution in [0.2, 0.25) is 0 Å². The summed E-state index contributed by atoms with van der Waals surface area (Å²) in [4.78, 5) is 25.6. The molecular weight excluding hydrogens is 311 g/mol. The third-order valence-electron chi connectivity index (χ3n) is 3.17. The molecule has 0 aliphatic heterocycles. The van der Waals surface area contributed by atoms with Gasteiger partial charge in [-0.25, -0.2) is 9.07 Å². The van der Waals surface area contributed by atoms with Gasteiger partial charge in [-0.1, -0.05) is 12.1 Å². The summed E-state index contributed by atoms with van der Waals surface area (Å²) in [5.41, 5.74) is 0.172. The van der Waals surface area contributed by atoms with E-state index in [4.69, 9.17) is 0 Å². The summed E-state index contributed by atoms with van der Waals surface area (Å²) >= 11 is 0. The van der Waals surface area contributed by atoms with Crippen molar-refractivity contribution in [2.24, 2.45) is 0 Å². The third kappa shape index (κ3) is 4.41. The van der Waals surface area contributed by atoms with Gasteiger partial charge in [-0.05, 0) is 32.9 Å². The van der Waals surface area contributed by atoms with Crippen molar-refractivity contribution in [2.75, 3.05) is 13.6 Å². The van der Waals surface area contributed by atoms with Gasteiger partial charge in [0.05, 0.1) is 18.3 Å². The van der Waals surface area contributed by atoms with Gasteiger partial charge in [0, 0.05) is 18.8 Å². The zero-order valence-corrected chi connectivity index (χ0v) is 14.2. The summed E-state index contributed by atoms with van der Waals surface area (Å²) in [5, 5.41) is 6.81. The van der Waals surface area contributed by atoms with Crippen molar-refractivity contribution < 1.29 is 14.0 Å². The fourth-order valence-electron chi connectivity index (χ4n) is 2.17. The van der Waals surface area contributed by atoms with Crippen LogP contribution in [-0.2, 0) is 4.79 Å². The summed E-state index contributed by atoms with van der Waals surface area (Å²) in [6.07, 6.45) is 2.80. The molecule has 1 aromatic heterocycles. The fourth-order valence-corrected chi connectivity index (χ4v) is 2.17. The summed E-state index contributed by atoms with van der Waals surface area (Å²) in [6.45, 7) is 5.53. The lowest BCUT2D eigenvalue weighted by molar-refractivity contribution is -0.122. The van der Waals surface area contributed by atoms with E-state index in [-0.39, 0.29) is 35.1 Å². The normalized spacial score (nSPS) is 11.2. The Kier molecular flexibility index (Phi) is 5.02. The first-order valence-electron chi connectivity index (χ1n) is 7.53. The lowest BCUT2D eigenvalue weighted by atomic mass is 10.1. The van der Waals surface area contributed by atoms with Gasteiger partial charge in [0.25, 0.3) is 5.91 Å². The van der Waals surface area contributed by atoms with Gasteiger partial charge in [-0.2, -0.15) is 5.10 Å². The van der Waals surface area contributed by atoms with Crippen LogP contribution in [0, 0.1) is 5.82 Å². The van der Waals surface area contributed by atoms with E-state index < -0.39 is 5.82 Å². The maximum Gasteiger partial charge on any atom is 0.257 e. The molecule has 1 aromatic carbocycles. The van der Waals surface area contributed by atoms with Crippen molar-refractivity contribution in [3.05, 3.63) is 48.0 Å². The average Bonchev–Trinajstić information content (AvgIpc) is 2.94. The predicted octanol–water partition coefficient (Wildman–Crippen LogP) is 2.00. The van der Waals surface area contributed by atoms with E-state index in [1.807, 2.05) is 20.8 Å². The molecular formula is C17H21FN4O2. The van der Waals surface area contributed by atoms with Crippen LogP contribution in [0.25, 0.3) is 5.69 Å². The second kappa shape index (κ2) is 6.82. The highest BCUT2D eigenvalue weighted by Crippen LogP contribution is 2.13. The number of rotatable bonds is 4. The highest BCUT2D eigenvalue weighted by molar-refractivity contribution is 5.96. The lowest BCUT2D eigenvalue weighted by Crippen LogP contribution is -2.46. The molecule has 0 aliphatic rings. The minimum atomic E-state index is -0.433. The van der Waals surface area contributed by atoms with Gasteiger partial charge >= 0.3 is 0 Å². The highest BCUT2D eigenvalue weighted by atomic mass is 19.1. The fraction of sp³-hybridized carbons (Fsp3) is 0.353. The Morgan fingerprint density at radius 2 is 1.96 bits per heavy atom. The van der Waals surface area contributed by atoms with Gasteiger partial charge in [0.15, 0.2) is 0 Å². The van der Waals surface area contributed by atoms with Gasteiger partial charge in [-0.3, -0.25) is 9.59 Å². The molecule has 6 nitrogen and oxygen atoms in total. The Labute approximate surface area is 140 Å².